The molecule has 1 aliphatic rings. The number of hydrogen-bond donors (Lipinski definition) is 7. The fourth-order valence-corrected chi connectivity index (χ4v) is 8.38. The molecule has 64 heavy (non-hydrogen) atoms. The highest BCUT2D eigenvalue weighted by Crippen LogP contribution is 2.37. The van der Waals surface area contributed by atoms with E-state index in [0.29, 0.717) is 78.0 Å². The lowest BCUT2D eigenvalue weighted by Crippen LogP contribution is -2.43. The maximum atomic E-state index is 12.8. The molecule has 344 valence electrons. The van der Waals surface area contributed by atoms with Crippen LogP contribution in [0.1, 0.15) is 68.2 Å². The third-order valence-electron chi connectivity index (χ3n) is 9.36. The van der Waals surface area contributed by atoms with E-state index in [4.69, 9.17) is 0 Å². The van der Waals surface area contributed by atoms with E-state index in [1.54, 1.807) is 39.2 Å². The van der Waals surface area contributed by atoms with Crippen molar-refractivity contribution in [3.63, 3.8) is 0 Å². The number of piperidine rings is 1. The lowest BCUT2D eigenvalue weighted by atomic mass is 9.80. The van der Waals surface area contributed by atoms with Crippen LogP contribution in [0.3, 0.4) is 0 Å². The largest absolute Gasteiger partial charge is 0.534 e. The summed E-state index contributed by atoms with van der Waals surface area (Å²) in [6, 6.07) is 4.48. The van der Waals surface area contributed by atoms with E-state index >= 15 is 0 Å². The molecule has 1 saturated heterocycles. The molecule has 1 fully saturated rings. The van der Waals surface area contributed by atoms with Crippen molar-refractivity contribution in [3.05, 3.63) is 47.8 Å². The van der Waals surface area contributed by atoms with Crippen molar-refractivity contribution in [2.75, 3.05) is 54.8 Å². The molecule has 4 heterocycles. The number of urea groups is 2. The topological polar surface area (TPSA) is 276 Å². The summed E-state index contributed by atoms with van der Waals surface area (Å²) in [6.45, 7) is 11.4. The minimum Gasteiger partial charge on any atom is -0.481 e. The van der Waals surface area contributed by atoms with Gasteiger partial charge in [-0.25, -0.2) is 29.5 Å². The maximum absolute atomic E-state index is 12.8. The number of carbonyl (C=O) groups is 5. The molecule has 0 saturated carbocycles. The van der Waals surface area contributed by atoms with Crippen LogP contribution in [0.25, 0.3) is 31.6 Å². The average Bonchev–Trinajstić information content (AvgIpc) is 3.83. The van der Waals surface area contributed by atoms with Gasteiger partial charge in [-0.15, -0.1) is 0 Å². The van der Waals surface area contributed by atoms with Crippen molar-refractivity contribution in [1.29, 1.82) is 0 Å². The quantitative estimate of drug-likeness (QED) is 0.0547. The Labute approximate surface area is 371 Å². The number of carbonyl (C=O) groups excluding carboxylic acids is 4. The number of carboxylic acid groups (broad SMARTS) is 1. The van der Waals surface area contributed by atoms with E-state index in [0.717, 1.165) is 29.0 Å². The number of aliphatic carboxylic acids is 1. The summed E-state index contributed by atoms with van der Waals surface area (Å²) in [5.74, 6) is -1.87. The van der Waals surface area contributed by atoms with Gasteiger partial charge < -0.3 is 35.5 Å². The fraction of sp³-hybridized carbons (Fsp3) is 0.395. The number of amides is 6. The summed E-state index contributed by atoms with van der Waals surface area (Å²) in [5.41, 5.74) is -4.05. The molecule has 6 rings (SSSR count). The van der Waals surface area contributed by atoms with Crippen molar-refractivity contribution >= 4 is 99.3 Å². The summed E-state index contributed by atoms with van der Waals surface area (Å²) in [4.78, 5) is 79.7. The minimum atomic E-state index is -5.93. The molecule has 26 heteroatoms. The zero-order valence-corrected chi connectivity index (χ0v) is 37.4. The monoisotopic (exact) mass is 951 g/mol. The van der Waals surface area contributed by atoms with E-state index in [9.17, 15) is 50.7 Å². The molecule has 0 unspecified atom stereocenters. The lowest BCUT2D eigenvalue weighted by molar-refractivity contribution is -0.149. The third-order valence-corrected chi connectivity index (χ3v) is 12.4. The average molecular weight is 952 g/mol. The number of rotatable bonds is 13. The second-order valence-electron chi connectivity index (χ2n) is 14.0. The Hall–Kier alpha value is -6.41. The van der Waals surface area contributed by atoms with Crippen LogP contribution >= 0.6 is 22.7 Å². The maximum Gasteiger partial charge on any atom is 0.534 e. The predicted molar refractivity (Wildman–Crippen MR) is 234 cm³/mol. The van der Waals surface area contributed by atoms with Crippen LogP contribution in [0.15, 0.2) is 36.7 Å². The SMILES string of the molecule is CCNC(=O)Nc1nc2cc(-c3cnc(N4CCC(C)(C(=O)O)CC4)nc3)cc(C(=O)NCC)c2s1.CCNC(=O)Nc1nc2cc(OS(=O)(=O)C(F)(F)F)cc(C(=O)NCC)c2s1. The molecular weight excluding hydrogens is 908 g/mol. The first-order chi connectivity index (χ1) is 30.2. The van der Waals surface area contributed by atoms with Gasteiger partial charge in [0.25, 0.3) is 11.8 Å². The Bertz CT molecular complexity index is 2650. The van der Waals surface area contributed by atoms with E-state index in [1.165, 1.54) is 11.3 Å². The Morgan fingerprint density at radius 3 is 1.67 bits per heavy atom. The number of carboxylic acids is 1. The van der Waals surface area contributed by atoms with Crippen molar-refractivity contribution in [3.8, 4) is 16.9 Å². The molecule has 0 bridgehead atoms. The van der Waals surface area contributed by atoms with Gasteiger partial charge in [-0.3, -0.25) is 25.0 Å². The number of halogens is 3. The molecule has 0 radical (unpaired) electrons. The number of fused-ring (bicyclic) bond motifs is 2. The predicted octanol–water partition coefficient (Wildman–Crippen LogP) is 5.75. The zero-order valence-electron chi connectivity index (χ0n) is 34.9. The number of aromatic nitrogens is 4. The number of thiazole rings is 2. The van der Waals surface area contributed by atoms with Gasteiger partial charge in [-0.2, -0.15) is 21.6 Å². The fourth-order valence-electron chi connectivity index (χ4n) is 6.04. The Kier molecular flexibility index (Phi) is 15.5. The minimum absolute atomic E-state index is 0.0204. The third kappa shape index (κ3) is 11.6. The van der Waals surface area contributed by atoms with Crippen LogP contribution in [0, 0.1) is 5.41 Å². The van der Waals surface area contributed by atoms with Crippen molar-refractivity contribution in [2.24, 2.45) is 5.41 Å². The molecule has 3 aromatic heterocycles. The highest BCUT2D eigenvalue weighted by Gasteiger charge is 2.48. The number of alkyl halides is 3. The van der Waals surface area contributed by atoms with Crippen molar-refractivity contribution in [1.82, 2.24) is 41.2 Å². The standard InChI is InChI=1S/C24H29N7O4S.C14H15F3N4O5S2/c1-4-25-19(32)16-10-14(11-17-18(16)36-23(29-17)30-22(35)26-5-2)15-12-27-21(28-13-15)31-8-6-24(3,7-9-31)20(33)34;1-3-18-11(22)8-5-7(26-28(24,25)14(15,16)17)6-9-10(8)27-13(20-9)21-12(23)19-4-2/h10-13H,4-9H2,1-3H3,(H,25,32)(H,33,34)(H2,26,29,30,35);5-6H,3-4H2,1-2H3,(H,18,22)(H2,19,20,21,23). The second kappa shape index (κ2) is 20.4. The number of nitrogens with one attached hydrogen (secondary N) is 6. The van der Waals surface area contributed by atoms with E-state index < -0.39 is 44.7 Å². The Balaban J connectivity index is 0.000000249. The van der Waals surface area contributed by atoms with Gasteiger partial charge in [0.05, 0.1) is 37.0 Å². The van der Waals surface area contributed by atoms with E-state index in [1.807, 2.05) is 24.8 Å². The highest BCUT2D eigenvalue weighted by atomic mass is 32.2. The second-order valence-corrected chi connectivity index (χ2v) is 17.6. The van der Waals surface area contributed by atoms with Crippen molar-refractivity contribution < 1.29 is 54.9 Å². The van der Waals surface area contributed by atoms with Gasteiger partial charge in [0.2, 0.25) is 5.95 Å². The molecule has 20 nitrogen and oxygen atoms in total. The molecule has 5 aromatic rings. The molecule has 6 amide bonds. The molecule has 0 spiro atoms. The summed E-state index contributed by atoms with van der Waals surface area (Å²) in [6.07, 6.45) is 4.43. The summed E-state index contributed by atoms with van der Waals surface area (Å²) in [7, 11) is -5.93. The van der Waals surface area contributed by atoms with Gasteiger partial charge in [-0.1, -0.05) is 22.7 Å². The summed E-state index contributed by atoms with van der Waals surface area (Å²) >= 11 is 2.13. The smallest absolute Gasteiger partial charge is 0.481 e. The van der Waals surface area contributed by atoms with Crippen LogP contribution in [0.5, 0.6) is 5.75 Å². The number of benzene rings is 2. The van der Waals surface area contributed by atoms with Gasteiger partial charge in [0.15, 0.2) is 10.3 Å². The van der Waals surface area contributed by atoms with Crippen LogP contribution in [0.4, 0.5) is 39.0 Å². The first-order valence-corrected chi connectivity index (χ1v) is 22.6. The molecule has 0 atom stereocenters. The first-order valence-electron chi connectivity index (χ1n) is 19.6. The summed E-state index contributed by atoms with van der Waals surface area (Å²) in [5, 5.41) is 25.4. The van der Waals surface area contributed by atoms with E-state index in [-0.39, 0.29) is 39.4 Å². The van der Waals surface area contributed by atoms with Gasteiger partial charge in [0, 0.05) is 63.3 Å². The number of anilines is 3. The van der Waals surface area contributed by atoms with Crippen LogP contribution in [-0.4, -0.2) is 108 Å². The van der Waals surface area contributed by atoms with Gasteiger partial charge in [0.1, 0.15) is 5.75 Å². The summed E-state index contributed by atoms with van der Waals surface area (Å²) < 4.78 is 65.2. The first kappa shape index (κ1) is 48.6. The molecule has 2 aromatic carbocycles. The lowest BCUT2D eigenvalue weighted by Gasteiger charge is -2.36. The Morgan fingerprint density at radius 2 is 1.22 bits per heavy atom. The molecular formula is C38H44F3N11O9S3. The molecule has 0 aliphatic carbocycles. The zero-order chi connectivity index (χ0) is 47.0. The normalized spacial score (nSPS) is 13.6. The Morgan fingerprint density at radius 1 is 0.750 bits per heavy atom. The van der Waals surface area contributed by atoms with Crippen LogP contribution < -0.4 is 41.0 Å². The van der Waals surface area contributed by atoms with Crippen LogP contribution in [0.2, 0.25) is 0 Å². The van der Waals surface area contributed by atoms with Crippen molar-refractivity contribution in [2.45, 2.75) is 53.0 Å². The van der Waals surface area contributed by atoms with Gasteiger partial charge in [-0.05, 0) is 71.2 Å². The van der Waals surface area contributed by atoms with Gasteiger partial charge >= 0.3 is 33.7 Å². The number of hydrogen-bond acceptors (Lipinski definition) is 15. The number of nitrogens with zero attached hydrogens (tertiary/aromatic N) is 5. The molecule has 7 N–H and O–H groups in total. The van der Waals surface area contributed by atoms with Crippen LogP contribution in [-0.2, 0) is 14.9 Å². The van der Waals surface area contributed by atoms with E-state index in [2.05, 4.69) is 56.0 Å². The highest BCUT2D eigenvalue weighted by molar-refractivity contribution is 7.88. The molecule has 1 aliphatic heterocycles.